The number of nitrogens with two attached hydrogens (primary N) is 1. The molecule has 64 heavy (non-hydrogen) atoms. The highest BCUT2D eigenvalue weighted by molar-refractivity contribution is 5.71. The minimum Gasteiger partial charge on any atom is -0.465 e. The standard InChI is InChI=1S/C24H26N8O2.C20H22N8O2/c1-24(2,3)34-23(33)32-10-8-31(9-11-32)22-14-18(4-5-28-22)19-12-17(15-25)13-20(29-19)30-21-16-26-6-7-27-21;21-12-14-9-16(25-17(10-14)26-18-13-22-3-4-23-18)15-1-2-24-19(11-15)27-5-7-28(8-6-27)20(29)30/h4-7,12-14,16H,8-11H2,1-3H3,(H,27,29,30);1-4,9-11,13H,5-8,12,21H2,(H,29,30)(H,23,25,26). The van der Waals surface area contributed by atoms with Gasteiger partial charge in [0.05, 0.1) is 35.4 Å². The Kier molecular flexibility index (Phi) is 13.9. The average molecular weight is 865 g/mol. The number of nitrogens with zero attached hydrogens (tertiary/aromatic N) is 13. The number of pyridine rings is 4. The molecule has 20 heteroatoms. The Morgan fingerprint density at radius 3 is 1.67 bits per heavy atom. The van der Waals surface area contributed by atoms with Crippen LogP contribution >= 0.6 is 0 Å². The third kappa shape index (κ3) is 11.9. The quantitative estimate of drug-likeness (QED) is 0.139. The third-order valence-corrected chi connectivity index (χ3v) is 9.93. The van der Waals surface area contributed by atoms with Gasteiger partial charge in [-0.05, 0) is 74.9 Å². The predicted molar refractivity (Wildman–Crippen MR) is 240 cm³/mol. The number of anilines is 6. The van der Waals surface area contributed by atoms with Crippen molar-refractivity contribution in [3.8, 4) is 28.6 Å². The van der Waals surface area contributed by atoms with Crippen LogP contribution in [-0.4, -0.2) is 125 Å². The average Bonchev–Trinajstić information content (AvgIpc) is 3.32. The van der Waals surface area contributed by atoms with Gasteiger partial charge in [0.1, 0.15) is 40.5 Å². The number of aromatic nitrogens is 8. The van der Waals surface area contributed by atoms with Crippen molar-refractivity contribution >= 4 is 47.1 Å². The molecule has 2 aliphatic rings. The van der Waals surface area contributed by atoms with E-state index in [9.17, 15) is 14.9 Å². The van der Waals surface area contributed by atoms with E-state index in [1.807, 2.05) is 57.2 Å². The third-order valence-electron chi connectivity index (χ3n) is 9.93. The van der Waals surface area contributed by atoms with E-state index < -0.39 is 11.7 Å². The second-order valence-electron chi connectivity index (χ2n) is 15.6. The van der Waals surface area contributed by atoms with Crippen LogP contribution in [0.3, 0.4) is 0 Å². The molecular formula is C44H48N16O4. The summed E-state index contributed by atoms with van der Waals surface area (Å²) in [4.78, 5) is 65.6. The lowest BCUT2D eigenvalue weighted by molar-refractivity contribution is 0.0240. The van der Waals surface area contributed by atoms with Gasteiger partial charge >= 0.3 is 12.2 Å². The van der Waals surface area contributed by atoms with Crippen molar-refractivity contribution < 1.29 is 19.4 Å². The molecule has 0 aromatic carbocycles. The Bertz CT molecular complexity index is 2570. The van der Waals surface area contributed by atoms with Gasteiger partial charge in [-0.25, -0.2) is 39.5 Å². The van der Waals surface area contributed by atoms with Crippen molar-refractivity contribution in [2.45, 2.75) is 32.9 Å². The van der Waals surface area contributed by atoms with Crippen molar-refractivity contribution in [3.05, 3.63) is 109 Å². The Labute approximate surface area is 369 Å². The fourth-order valence-electron chi connectivity index (χ4n) is 6.79. The molecule has 0 saturated carbocycles. The van der Waals surface area contributed by atoms with Crippen LogP contribution in [-0.2, 0) is 11.3 Å². The summed E-state index contributed by atoms with van der Waals surface area (Å²) in [5, 5.41) is 24.9. The molecule has 0 bridgehead atoms. The summed E-state index contributed by atoms with van der Waals surface area (Å²) in [6.45, 7) is 10.4. The van der Waals surface area contributed by atoms with E-state index in [0.717, 1.165) is 34.0 Å². The summed E-state index contributed by atoms with van der Waals surface area (Å²) in [5.41, 5.74) is 9.91. The summed E-state index contributed by atoms with van der Waals surface area (Å²) < 4.78 is 5.47. The van der Waals surface area contributed by atoms with Crippen LogP contribution in [0.25, 0.3) is 22.5 Å². The molecule has 8 rings (SSSR count). The van der Waals surface area contributed by atoms with E-state index in [4.69, 9.17) is 20.6 Å². The Balaban J connectivity index is 0.000000193. The monoisotopic (exact) mass is 864 g/mol. The van der Waals surface area contributed by atoms with Crippen LogP contribution in [0, 0.1) is 11.3 Å². The first-order chi connectivity index (χ1) is 30.9. The Morgan fingerprint density at radius 1 is 0.688 bits per heavy atom. The zero-order chi connectivity index (χ0) is 45.1. The van der Waals surface area contributed by atoms with Crippen molar-refractivity contribution in [1.29, 1.82) is 5.26 Å². The molecular weight excluding hydrogens is 817 g/mol. The van der Waals surface area contributed by atoms with Gasteiger partial charge in [0.25, 0.3) is 0 Å². The number of ether oxygens (including phenoxy) is 1. The maximum atomic E-state index is 12.3. The number of hydrogen-bond donors (Lipinski definition) is 4. The first-order valence-electron chi connectivity index (χ1n) is 20.5. The number of piperazine rings is 2. The lowest BCUT2D eigenvalue weighted by Gasteiger charge is -2.36. The van der Waals surface area contributed by atoms with Gasteiger partial charge in [-0.2, -0.15) is 5.26 Å². The van der Waals surface area contributed by atoms with Crippen molar-refractivity contribution in [2.24, 2.45) is 5.73 Å². The molecule has 6 aromatic rings. The van der Waals surface area contributed by atoms with Gasteiger partial charge in [0.15, 0.2) is 0 Å². The maximum Gasteiger partial charge on any atom is 0.410 e. The van der Waals surface area contributed by atoms with Gasteiger partial charge in [-0.15, -0.1) is 0 Å². The van der Waals surface area contributed by atoms with Crippen LogP contribution < -0.4 is 26.2 Å². The Hall–Kier alpha value is -8.05. The highest BCUT2D eigenvalue weighted by Gasteiger charge is 2.27. The van der Waals surface area contributed by atoms with E-state index in [2.05, 4.69) is 61.4 Å². The molecule has 0 atom stereocenters. The first-order valence-corrected chi connectivity index (χ1v) is 20.5. The topological polar surface area (TPSA) is 254 Å². The minimum atomic E-state index is -0.887. The lowest BCUT2D eigenvalue weighted by Crippen LogP contribution is -2.50. The van der Waals surface area contributed by atoms with Crippen LogP contribution in [0.4, 0.5) is 44.5 Å². The molecule has 0 radical (unpaired) electrons. The molecule has 2 amide bonds. The zero-order valence-corrected chi connectivity index (χ0v) is 35.7. The zero-order valence-electron chi connectivity index (χ0n) is 35.7. The summed E-state index contributed by atoms with van der Waals surface area (Å²) >= 11 is 0. The number of nitrogens with one attached hydrogen (secondary N) is 2. The normalized spacial score (nSPS) is 13.9. The van der Waals surface area contributed by atoms with Crippen LogP contribution in [0.5, 0.6) is 0 Å². The van der Waals surface area contributed by atoms with Gasteiger partial charge in [-0.1, -0.05) is 0 Å². The van der Waals surface area contributed by atoms with Crippen LogP contribution in [0.1, 0.15) is 31.9 Å². The van der Waals surface area contributed by atoms with Gasteiger partial charge in [-0.3, -0.25) is 9.97 Å². The number of rotatable bonds is 9. The van der Waals surface area contributed by atoms with Crippen LogP contribution in [0.15, 0.2) is 98.1 Å². The number of carbonyl (C=O) groups excluding carboxylic acids is 1. The highest BCUT2D eigenvalue weighted by atomic mass is 16.6. The smallest absolute Gasteiger partial charge is 0.410 e. The number of nitriles is 1. The molecule has 8 heterocycles. The molecule has 6 aromatic heterocycles. The van der Waals surface area contributed by atoms with E-state index in [1.54, 1.807) is 66.6 Å². The fourth-order valence-corrected chi connectivity index (χ4v) is 6.79. The SMILES string of the molecule is CC(C)(C)OC(=O)N1CCN(c2cc(-c3cc(C#N)cc(Nc4cnccn4)n3)ccn2)CC1.NCc1cc(Nc2cnccn2)nc(-c2ccnc(N3CCN(C(=O)O)CC3)c2)c1. The molecule has 2 saturated heterocycles. The molecule has 0 aliphatic carbocycles. The summed E-state index contributed by atoms with van der Waals surface area (Å²) in [6, 6.07) is 17.1. The first kappa shape index (κ1) is 44.0. The highest BCUT2D eigenvalue weighted by Crippen LogP contribution is 2.28. The van der Waals surface area contributed by atoms with Crippen LogP contribution in [0.2, 0.25) is 0 Å². The summed E-state index contributed by atoms with van der Waals surface area (Å²) in [6.07, 6.45) is 11.9. The van der Waals surface area contributed by atoms with E-state index in [1.165, 1.54) is 4.90 Å². The van der Waals surface area contributed by atoms with E-state index in [0.29, 0.717) is 93.4 Å². The maximum absolute atomic E-state index is 12.3. The Morgan fingerprint density at radius 2 is 1.20 bits per heavy atom. The fraction of sp³-hybridized carbons (Fsp3) is 0.295. The molecule has 5 N–H and O–H groups in total. The molecule has 2 fully saturated rings. The number of carboxylic acid groups (broad SMARTS) is 1. The number of amides is 2. The molecule has 2 aliphatic heterocycles. The summed E-state index contributed by atoms with van der Waals surface area (Å²) in [5.74, 6) is 3.83. The predicted octanol–water partition coefficient (Wildman–Crippen LogP) is 5.54. The second-order valence-corrected chi connectivity index (χ2v) is 15.6. The second kappa shape index (κ2) is 20.2. The van der Waals surface area contributed by atoms with E-state index >= 15 is 0 Å². The lowest BCUT2D eigenvalue weighted by atomic mass is 10.1. The molecule has 0 spiro atoms. The van der Waals surface area contributed by atoms with Gasteiger partial charge in [0.2, 0.25) is 0 Å². The number of hydrogen-bond acceptors (Lipinski definition) is 17. The number of carbonyl (C=O) groups is 2. The van der Waals surface area contributed by atoms with Gasteiger partial charge < -0.3 is 45.8 Å². The largest absolute Gasteiger partial charge is 0.465 e. The van der Waals surface area contributed by atoms with Gasteiger partial charge in [0, 0.05) is 107 Å². The summed E-state index contributed by atoms with van der Waals surface area (Å²) in [7, 11) is 0. The van der Waals surface area contributed by atoms with E-state index in [-0.39, 0.29) is 6.09 Å². The molecule has 20 nitrogen and oxygen atoms in total. The minimum absolute atomic E-state index is 0.297. The van der Waals surface area contributed by atoms with Crippen molar-refractivity contribution in [3.63, 3.8) is 0 Å². The van der Waals surface area contributed by atoms with Crippen molar-refractivity contribution in [2.75, 3.05) is 72.8 Å². The van der Waals surface area contributed by atoms with Crippen molar-refractivity contribution in [1.82, 2.24) is 49.7 Å². The molecule has 328 valence electrons. The molecule has 0 unspecified atom stereocenters.